The molecule has 1 aliphatic heterocycles. The van der Waals surface area contributed by atoms with Gasteiger partial charge in [0.2, 0.25) is 12.7 Å². The number of nitrogens with one attached hydrogen (secondary N) is 2. The van der Waals surface area contributed by atoms with E-state index in [-0.39, 0.29) is 31.1 Å². The SMILES string of the molecule is CCN[C@H](C)CNC(=O)Cc1ccc2c(c1)OCO2.Cl. The molecule has 0 saturated carbocycles. The Morgan fingerprint density at radius 1 is 1.35 bits per heavy atom. The van der Waals surface area contributed by atoms with Crippen molar-refractivity contribution >= 4 is 18.3 Å². The minimum Gasteiger partial charge on any atom is -0.454 e. The molecule has 1 aromatic carbocycles. The van der Waals surface area contributed by atoms with Gasteiger partial charge in [-0.15, -0.1) is 12.4 Å². The van der Waals surface area contributed by atoms with Crippen LogP contribution in [0.4, 0.5) is 0 Å². The number of likely N-dealkylation sites (N-methyl/N-ethyl adjacent to an activating group) is 1. The van der Waals surface area contributed by atoms with Crippen molar-refractivity contribution in [2.75, 3.05) is 19.9 Å². The zero-order chi connectivity index (χ0) is 13.7. The summed E-state index contributed by atoms with van der Waals surface area (Å²) >= 11 is 0. The van der Waals surface area contributed by atoms with Crippen molar-refractivity contribution in [3.05, 3.63) is 23.8 Å². The molecule has 0 saturated heterocycles. The lowest BCUT2D eigenvalue weighted by atomic mass is 10.1. The number of benzene rings is 1. The summed E-state index contributed by atoms with van der Waals surface area (Å²) in [6.45, 7) is 5.89. The zero-order valence-electron chi connectivity index (χ0n) is 11.8. The first-order valence-corrected chi connectivity index (χ1v) is 6.57. The van der Waals surface area contributed by atoms with Crippen LogP contribution in [0.2, 0.25) is 0 Å². The first kappa shape index (κ1) is 16.6. The molecule has 2 rings (SSSR count). The third kappa shape index (κ3) is 4.58. The fourth-order valence-corrected chi connectivity index (χ4v) is 1.99. The van der Waals surface area contributed by atoms with Gasteiger partial charge in [-0.1, -0.05) is 13.0 Å². The molecule has 112 valence electrons. The quantitative estimate of drug-likeness (QED) is 0.836. The average molecular weight is 301 g/mol. The van der Waals surface area contributed by atoms with Crippen molar-refractivity contribution in [3.8, 4) is 11.5 Å². The molecule has 1 aliphatic rings. The van der Waals surface area contributed by atoms with E-state index in [4.69, 9.17) is 9.47 Å². The predicted octanol–water partition coefficient (Wildman–Crippen LogP) is 1.49. The van der Waals surface area contributed by atoms with Crippen molar-refractivity contribution in [1.29, 1.82) is 0 Å². The van der Waals surface area contributed by atoms with Gasteiger partial charge in [0.05, 0.1) is 6.42 Å². The van der Waals surface area contributed by atoms with Gasteiger partial charge in [0.1, 0.15) is 0 Å². The monoisotopic (exact) mass is 300 g/mol. The highest BCUT2D eigenvalue weighted by Crippen LogP contribution is 2.32. The first-order valence-electron chi connectivity index (χ1n) is 6.57. The highest BCUT2D eigenvalue weighted by Gasteiger charge is 2.14. The number of amides is 1. The number of ether oxygens (including phenoxy) is 2. The minimum atomic E-state index is 0. The molecule has 1 amide bonds. The normalized spacial score (nSPS) is 13.5. The van der Waals surface area contributed by atoms with Gasteiger partial charge in [-0.3, -0.25) is 4.79 Å². The second kappa shape index (κ2) is 7.97. The van der Waals surface area contributed by atoms with Gasteiger partial charge < -0.3 is 20.1 Å². The van der Waals surface area contributed by atoms with Gasteiger partial charge in [0, 0.05) is 12.6 Å². The number of hydrogen-bond donors (Lipinski definition) is 2. The van der Waals surface area contributed by atoms with E-state index in [0.717, 1.165) is 17.9 Å². The van der Waals surface area contributed by atoms with Gasteiger partial charge in [0.25, 0.3) is 0 Å². The van der Waals surface area contributed by atoms with E-state index in [1.165, 1.54) is 0 Å². The summed E-state index contributed by atoms with van der Waals surface area (Å²) in [5.74, 6) is 1.47. The summed E-state index contributed by atoms with van der Waals surface area (Å²) < 4.78 is 10.5. The van der Waals surface area contributed by atoms with E-state index in [2.05, 4.69) is 10.6 Å². The van der Waals surface area contributed by atoms with Gasteiger partial charge in [-0.05, 0) is 31.2 Å². The van der Waals surface area contributed by atoms with Crippen LogP contribution in [0.15, 0.2) is 18.2 Å². The van der Waals surface area contributed by atoms with E-state index in [1.54, 1.807) is 0 Å². The molecule has 2 N–H and O–H groups in total. The van der Waals surface area contributed by atoms with Crippen LogP contribution in [0.1, 0.15) is 19.4 Å². The molecule has 0 bridgehead atoms. The largest absolute Gasteiger partial charge is 0.454 e. The van der Waals surface area contributed by atoms with E-state index in [0.29, 0.717) is 18.7 Å². The van der Waals surface area contributed by atoms with E-state index < -0.39 is 0 Å². The van der Waals surface area contributed by atoms with Crippen molar-refractivity contribution in [2.45, 2.75) is 26.3 Å². The molecule has 0 aliphatic carbocycles. The smallest absolute Gasteiger partial charge is 0.231 e. The predicted molar refractivity (Wildman–Crippen MR) is 79.7 cm³/mol. The highest BCUT2D eigenvalue weighted by molar-refractivity contribution is 5.85. The molecule has 1 aromatic rings. The summed E-state index contributed by atoms with van der Waals surface area (Å²) in [5, 5.41) is 6.16. The number of fused-ring (bicyclic) bond motifs is 1. The van der Waals surface area contributed by atoms with E-state index in [1.807, 2.05) is 32.0 Å². The molecule has 0 unspecified atom stereocenters. The van der Waals surface area contributed by atoms with Crippen molar-refractivity contribution in [2.24, 2.45) is 0 Å². The van der Waals surface area contributed by atoms with E-state index >= 15 is 0 Å². The maximum atomic E-state index is 11.8. The number of carbonyl (C=O) groups is 1. The third-order valence-corrected chi connectivity index (χ3v) is 2.96. The van der Waals surface area contributed by atoms with E-state index in [9.17, 15) is 4.79 Å². The van der Waals surface area contributed by atoms with Crippen LogP contribution in [0.3, 0.4) is 0 Å². The van der Waals surface area contributed by atoms with Crippen LogP contribution in [-0.4, -0.2) is 31.8 Å². The number of halogens is 1. The van der Waals surface area contributed by atoms with Crippen molar-refractivity contribution < 1.29 is 14.3 Å². The van der Waals surface area contributed by atoms with Gasteiger partial charge >= 0.3 is 0 Å². The van der Waals surface area contributed by atoms with Crippen LogP contribution in [0.25, 0.3) is 0 Å². The Balaban J connectivity index is 0.00000200. The zero-order valence-corrected chi connectivity index (χ0v) is 12.6. The lowest BCUT2D eigenvalue weighted by Crippen LogP contribution is -2.39. The second-order valence-corrected chi connectivity index (χ2v) is 4.63. The Hall–Kier alpha value is -1.46. The Kier molecular flexibility index (Phi) is 6.61. The maximum Gasteiger partial charge on any atom is 0.231 e. The molecular formula is C14H21ClN2O3. The molecule has 1 heterocycles. The molecule has 0 fully saturated rings. The number of rotatable bonds is 6. The summed E-state index contributed by atoms with van der Waals surface area (Å²) in [6.07, 6.45) is 0.357. The van der Waals surface area contributed by atoms with Crippen LogP contribution < -0.4 is 20.1 Å². The molecular weight excluding hydrogens is 280 g/mol. The Morgan fingerprint density at radius 3 is 2.85 bits per heavy atom. The van der Waals surface area contributed by atoms with Gasteiger partial charge in [0.15, 0.2) is 11.5 Å². The molecule has 0 spiro atoms. The summed E-state index contributed by atoms with van der Waals surface area (Å²) in [7, 11) is 0. The third-order valence-electron chi connectivity index (χ3n) is 2.96. The van der Waals surface area contributed by atoms with Crippen molar-refractivity contribution in [3.63, 3.8) is 0 Å². The standard InChI is InChI=1S/C14H20N2O3.ClH/c1-3-15-10(2)8-16-14(17)7-11-4-5-12-13(6-11)19-9-18-12;/h4-6,10,15H,3,7-9H2,1-2H3,(H,16,17);1H/t10-;/m1./s1. The highest BCUT2D eigenvalue weighted by atomic mass is 35.5. The molecule has 20 heavy (non-hydrogen) atoms. The Morgan fingerprint density at radius 2 is 2.10 bits per heavy atom. The molecule has 0 aromatic heterocycles. The Bertz CT molecular complexity index is 454. The van der Waals surface area contributed by atoms with Crippen LogP contribution in [-0.2, 0) is 11.2 Å². The topological polar surface area (TPSA) is 59.6 Å². The van der Waals surface area contributed by atoms with Crippen molar-refractivity contribution in [1.82, 2.24) is 10.6 Å². The fraction of sp³-hybridized carbons (Fsp3) is 0.500. The van der Waals surface area contributed by atoms with Crippen LogP contribution in [0, 0.1) is 0 Å². The number of hydrogen-bond acceptors (Lipinski definition) is 4. The first-order chi connectivity index (χ1) is 9.19. The van der Waals surface area contributed by atoms with Gasteiger partial charge in [-0.2, -0.15) is 0 Å². The average Bonchev–Trinajstić information content (AvgIpc) is 2.84. The Labute approximate surface area is 125 Å². The lowest BCUT2D eigenvalue weighted by molar-refractivity contribution is -0.120. The lowest BCUT2D eigenvalue weighted by Gasteiger charge is -2.13. The minimum absolute atomic E-state index is 0. The van der Waals surface area contributed by atoms with Crippen LogP contribution in [0.5, 0.6) is 11.5 Å². The fourth-order valence-electron chi connectivity index (χ4n) is 1.99. The molecule has 1 atom stereocenters. The summed E-state index contributed by atoms with van der Waals surface area (Å²) in [4.78, 5) is 11.8. The maximum absolute atomic E-state index is 11.8. The number of carbonyl (C=O) groups excluding carboxylic acids is 1. The second-order valence-electron chi connectivity index (χ2n) is 4.63. The summed E-state index contributed by atoms with van der Waals surface area (Å²) in [5.41, 5.74) is 0.929. The van der Waals surface area contributed by atoms with Crippen LogP contribution >= 0.6 is 12.4 Å². The molecule has 0 radical (unpaired) electrons. The molecule has 5 nitrogen and oxygen atoms in total. The molecule has 6 heteroatoms. The summed E-state index contributed by atoms with van der Waals surface area (Å²) in [6, 6.07) is 5.87. The van der Waals surface area contributed by atoms with Gasteiger partial charge in [-0.25, -0.2) is 0 Å².